The molecule has 2 rings (SSSR count). The maximum atomic E-state index is 8.81. The summed E-state index contributed by atoms with van der Waals surface area (Å²) >= 11 is 5.86. The molecular formula is C12H9ClN4. The minimum absolute atomic E-state index is 0.206. The third-order valence-corrected chi connectivity index (χ3v) is 2.36. The Hall–Kier alpha value is -2.25. The van der Waals surface area contributed by atoms with Gasteiger partial charge in [-0.2, -0.15) is 5.26 Å². The van der Waals surface area contributed by atoms with Crippen LogP contribution < -0.4 is 11.1 Å². The van der Waals surface area contributed by atoms with E-state index in [0.29, 0.717) is 16.5 Å². The van der Waals surface area contributed by atoms with Gasteiger partial charge in [0.1, 0.15) is 11.9 Å². The third-order valence-electron chi connectivity index (χ3n) is 2.13. The maximum Gasteiger partial charge on any atom is 0.165 e. The van der Waals surface area contributed by atoms with Crippen LogP contribution in [-0.2, 0) is 0 Å². The summed E-state index contributed by atoms with van der Waals surface area (Å²) in [5, 5.41) is 12.5. The van der Waals surface area contributed by atoms with Crippen LogP contribution in [0.1, 0.15) is 5.69 Å². The Morgan fingerprint density at radius 3 is 2.82 bits per heavy atom. The van der Waals surface area contributed by atoms with Crippen molar-refractivity contribution in [2.75, 3.05) is 11.1 Å². The molecule has 3 N–H and O–H groups in total. The Balaban J connectivity index is 2.28. The summed E-state index contributed by atoms with van der Waals surface area (Å²) in [4.78, 5) is 4.08. The normalized spacial score (nSPS) is 9.65. The molecule has 0 aliphatic heterocycles. The smallest absolute Gasteiger partial charge is 0.165 e. The number of nitrogens with one attached hydrogen (secondary N) is 1. The molecule has 0 saturated carbocycles. The second-order valence-corrected chi connectivity index (χ2v) is 3.82. The Labute approximate surface area is 104 Å². The standard InChI is InChI=1S/C12H9ClN4/c13-8-2-1-3-9(6-8)16-12-5-4-10(15)11(7-14)17-12/h1-6H,15H2,(H,16,17). The van der Waals surface area contributed by atoms with Gasteiger partial charge in [-0.15, -0.1) is 0 Å². The van der Waals surface area contributed by atoms with Crippen molar-refractivity contribution in [3.8, 4) is 6.07 Å². The summed E-state index contributed by atoms with van der Waals surface area (Å²) in [5.74, 6) is 0.554. The molecule has 17 heavy (non-hydrogen) atoms. The Morgan fingerprint density at radius 2 is 2.12 bits per heavy atom. The van der Waals surface area contributed by atoms with Crippen LogP contribution in [-0.4, -0.2) is 4.98 Å². The second kappa shape index (κ2) is 4.73. The molecule has 0 radical (unpaired) electrons. The molecule has 0 saturated heterocycles. The molecule has 1 aromatic heterocycles. The largest absolute Gasteiger partial charge is 0.396 e. The van der Waals surface area contributed by atoms with E-state index >= 15 is 0 Å². The number of nitrogens with two attached hydrogens (primary N) is 1. The Morgan fingerprint density at radius 1 is 1.29 bits per heavy atom. The highest BCUT2D eigenvalue weighted by Crippen LogP contribution is 2.20. The van der Waals surface area contributed by atoms with Crippen molar-refractivity contribution in [2.45, 2.75) is 0 Å². The number of nitriles is 1. The Kier molecular flexibility index (Phi) is 3.12. The number of aromatic nitrogens is 1. The van der Waals surface area contributed by atoms with Crippen molar-refractivity contribution < 1.29 is 0 Å². The number of pyridine rings is 1. The molecule has 0 bridgehead atoms. The minimum atomic E-state index is 0.206. The lowest BCUT2D eigenvalue weighted by Crippen LogP contribution is -1.98. The summed E-state index contributed by atoms with van der Waals surface area (Å²) in [6.45, 7) is 0. The highest BCUT2D eigenvalue weighted by atomic mass is 35.5. The van der Waals surface area contributed by atoms with E-state index in [0.717, 1.165) is 5.69 Å². The van der Waals surface area contributed by atoms with Crippen LogP contribution in [0.5, 0.6) is 0 Å². The summed E-state index contributed by atoms with van der Waals surface area (Å²) in [5.41, 5.74) is 6.96. The van der Waals surface area contributed by atoms with Crippen molar-refractivity contribution in [3.05, 3.63) is 47.1 Å². The average Bonchev–Trinajstić information content (AvgIpc) is 2.32. The predicted molar refractivity (Wildman–Crippen MR) is 68.1 cm³/mol. The monoisotopic (exact) mass is 244 g/mol. The number of hydrogen-bond donors (Lipinski definition) is 2. The molecule has 1 heterocycles. The quantitative estimate of drug-likeness (QED) is 0.852. The van der Waals surface area contributed by atoms with Gasteiger partial charge in [0.25, 0.3) is 0 Å². The lowest BCUT2D eigenvalue weighted by Gasteiger charge is -2.06. The zero-order valence-corrected chi connectivity index (χ0v) is 9.57. The fourth-order valence-electron chi connectivity index (χ4n) is 1.34. The van der Waals surface area contributed by atoms with Crippen LogP contribution >= 0.6 is 11.6 Å². The van der Waals surface area contributed by atoms with Crippen LogP contribution in [0.4, 0.5) is 17.2 Å². The highest BCUT2D eigenvalue weighted by molar-refractivity contribution is 6.30. The number of hydrogen-bond acceptors (Lipinski definition) is 4. The molecule has 5 heteroatoms. The zero-order valence-electron chi connectivity index (χ0n) is 8.81. The highest BCUT2D eigenvalue weighted by Gasteiger charge is 2.02. The van der Waals surface area contributed by atoms with Gasteiger partial charge in [0.05, 0.1) is 5.69 Å². The van der Waals surface area contributed by atoms with E-state index in [4.69, 9.17) is 22.6 Å². The molecule has 0 unspecified atom stereocenters. The number of nitrogen functional groups attached to an aromatic ring is 1. The predicted octanol–water partition coefficient (Wildman–Crippen LogP) is 2.93. The van der Waals surface area contributed by atoms with Crippen LogP contribution in [0.2, 0.25) is 5.02 Å². The zero-order chi connectivity index (χ0) is 12.3. The summed E-state index contributed by atoms with van der Waals surface area (Å²) in [7, 11) is 0. The molecule has 0 spiro atoms. The van der Waals surface area contributed by atoms with Gasteiger partial charge in [-0.05, 0) is 30.3 Å². The topological polar surface area (TPSA) is 74.7 Å². The van der Waals surface area contributed by atoms with Crippen molar-refractivity contribution in [2.24, 2.45) is 0 Å². The lowest BCUT2D eigenvalue weighted by molar-refractivity contribution is 1.26. The molecule has 0 fully saturated rings. The number of anilines is 3. The number of benzene rings is 1. The maximum absolute atomic E-state index is 8.81. The van der Waals surface area contributed by atoms with Crippen LogP contribution in [0.15, 0.2) is 36.4 Å². The molecule has 0 aliphatic rings. The number of nitrogens with zero attached hydrogens (tertiary/aromatic N) is 2. The number of rotatable bonds is 2. The fourth-order valence-corrected chi connectivity index (χ4v) is 1.53. The average molecular weight is 245 g/mol. The SMILES string of the molecule is N#Cc1nc(Nc2cccc(Cl)c2)ccc1N. The molecule has 0 aliphatic carbocycles. The van der Waals surface area contributed by atoms with Crippen LogP contribution in [0, 0.1) is 11.3 Å². The van der Waals surface area contributed by atoms with Crippen LogP contribution in [0.25, 0.3) is 0 Å². The first-order valence-electron chi connectivity index (χ1n) is 4.88. The van der Waals surface area contributed by atoms with E-state index in [9.17, 15) is 0 Å². The van der Waals surface area contributed by atoms with Gasteiger partial charge in [-0.3, -0.25) is 0 Å². The first kappa shape index (κ1) is 11.2. The van der Waals surface area contributed by atoms with E-state index in [1.54, 1.807) is 24.3 Å². The van der Waals surface area contributed by atoms with Crippen molar-refractivity contribution in [3.63, 3.8) is 0 Å². The van der Waals surface area contributed by atoms with E-state index in [-0.39, 0.29) is 5.69 Å². The minimum Gasteiger partial charge on any atom is -0.396 e. The van der Waals surface area contributed by atoms with E-state index in [1.165, 1.54) is 0 Å². The molecule has 0 amide bonds. The van der Waals surface area contributed by atoms with E-state index < -0.39 is 0 Å². The van der Waals surface area contributed by atoms with Gasteiger partial charge in [0.15, 0.2) is 5.69 Å². The molecule has 0 atom stereocenters. The first-order valence-corrected chi connectivity index (χ1v) is 5.26. The molecule has 4 nitrogen and oxygen atoms in total. The van der Waals surface area contributed by atoms with Gasteiger partial charge in [0.2, 0.25) is 0 Å². The third kappa shape index (κ3) is 2.65. The summed E-state index contributed by atoms with van der Waals surface area (Å²) in [6.07, 6.45) is 0. The van der Waals surface area contributed by atoms with Gasteiger partial charge in [-0.1, -0.05) is 17.7 Å². The summed E-state index contributed by atoms with van der Waals surface area (Å²) in [6, 6.07) is 12.5. The molecule has 84 valence electrons. The molecule has 2 aromatic rings. The second-order valence-electron chi connectivity index (χ2n) is 3.38. The molecular weight excluding hydrogens is 236 g/mol. The van der Waals surface area contributed by atoms with Crippen molar-refractivity contribution in [1.29, 1.82) is 5.26 Å². The fraction of sp³-hybridized carbons (Fsp3) is 0. The van der Waals surface area contributed by atoms with E-state index in [1.807, 2.05) is 18.2 Å². The van der Waals surface area contributed by atoms with Gasteiger partial charge in [0, 0.05) is 10.7 Å². The molecule has 1 aromatic carbocycles. The first-order chi connectivity index (χ1) is 8.19. The number of halogens is 1. The Bertz CT molecular complexity index is 589. The van der Waals surface area contributed by atoms with Gasteiger partial charge >= 0.3 is 0 Å². The van der Waals surface area contributed by atoms with Crippen molar-refractivity contribution in [1.82, 2.24) is 4.98 Å². The van der Waals surface area contributed by atoms with Gasteiger partial charge < -0.3 is 11.1 Å². The summed E-state index contributed by atoms with van der Waals surface area (Å²) < 4.78 is 0. The lowest BCUT2D eigenvalue weighted by atomic mass is 10.3. The van der Waals surface area contributed by atoms with Crippen LogP contribution in [0.3, 0.4) is 0 Å². The van der Waals surface area contributed by atoms with Crippen molar-refractivity contribution >= 4 is 28.8 Å². The van der Waals surface area contributed by atoms with Gasteiger partial charge in [-0.25, -0.2) is 4.98 Å². The van der Waals surface area contributed by atoms with E-state index in [2.05, 4.69) is 10.3 Å².